The van der Waals surface area contributed by atoms with Crippen molar-refractivity contribution in [2.24, 2.45) is 10.7 Å². The Bertz CT molecular complexity index is 749. The molecule has 0 atom stereocenters. The third-order valence-electron chi connectivity index (χ3n) is 4.49. The van der Waals surface area contributed by atoms with Crippen LogP contribution in [0.3, 0.4) is 0 Å². The van der Waals surface area contributed by atoms with Gasteiger partial charge in [-0.15, -0.1) is 0 Å². The van der Waals surface area contributed by atoms with Gasteiger partial charge < -0.3 is 24.8 Å². The molecule has 1 aromatic carbocycles. The number of methoxy groups -OCH3 is 2. The van der Waals surface area contributed by atoms with E-state index in [9.17, 15) is 0 Å². The van der Waals surface area contributed by atoms with Crippen molar-refractivity contribution in [3.05, 3.63) is 42.1 Å². The van der Waals surface area contributed by atoms with E-state index < -0.39 is 0 Å². The van der Waals surface area contributed by atoms with E-state index in [1.54, 1.807) is 26.5 Å². The van der Waals surface area contributed by atoms with Gasteiger partial charge in [0.25, 0.3) is 0 Å². The summed E-state index contributed by atoms with van der Waals surface area (Å²) < 4.78 is 16.5. The van der Waals surface area contributed by atoms with Crippen LogP contribution in [-0.2, 0) is 6.54 Å². The first-order valence-corrected chi connectivity index (χ1v) is 9.10. The van der Waals surface area contributed by atoms with Gasteiger partial charge in [0.15, 0.2) is 17.5 Å². The van der Waals surface area contributed by atoms with E-state index >= 15 is 0 Å². The lowest BCUT2D eigenvalue weighted by atomic mass is 10.1. The number of para-hydroxylation sites is 1. The van der Waals surface area contributed by atoms with Crippen molar-refractivity contribution >= 4 is 5.96 Å². The molecule has 0 radical (unpaired) electrons. The Kier molecular flexibility index (Phi) is 6.35. The maximum atomic E-state index is 6.10. The number of pyridine rings is 1. The number of nitrogens with two attached hydrogens (primary N) is 1. The summed E-state index contributed by atoms with van der Waals surface area (Å²) in [7, 11) is 3.17. The third kappa shape index (κ3) is 4.81. The molecule has 0 unspecified atom stereocenters. The van der Waals surface area contributed by atoms with E-state index in [2.05, 4.69) is 14.9 Å². The molecule has 1 fully saturated rings. The first kappa shape index (κ1) is 18.8. The zero-order valence-corrected chi connectivity index (χ0v) is 15.9. The fraction of sp³-hybridized carbons (Fsp3) is 0.400. The normalized spacial score (nSPS) is 14.7. The van der Waals surface area contributed by atoms with Crippen molar-refractivity contribution in [3.63, 3.8) is 0 Å². The lowest BCUT2D eigenvalue weighted by molar-refractivity contribution is 0.338. The van der Waals surface area contributed by atoms with Crippen LogP contribution < -0.4 is 19.9 Å². The highest BCUT2D eigenvalue weighted by Crippen LogP contribution is 2.39. The first-order valence-electron chi connectivity index (χ1n) is 9.10. The summed E-state index contributed by atoms with van der Waals surface area (Å²) >= 11 is 0. The molecule has 7 nitrogen and oxygen atoms in total. The van der Waals surface area contributed by atoms with Crippen LogP contribution >= 0.6 is 0 Å². The molecule has 7 heteroatoms. The van der Waals surface area contributed by atoms with Crippen LogP contribution in [-0.4, -0.2) is 43.2 Å². The number of guanidine groups is 1. The van der Waals surface area contributed by atoms with Gasteiger partial charge in [-0.2, -0.15) is 0 Å². The summed E-state index contributed by atoms with van der Waals surface area (Å²) in [6, 6.07) is 9.19. The molecular formula is C20H26N4O3. The fourth-order valence-electron chi connectivity index (χ4n) is 2.98. The van der Waals surface area contributed by atoms with Crippen molar-refractivity contribution in [1.29, 1.82) is 0 Å². The number of piperidine rings is 1. The van der Waals surface area contributed by atoms with E-state index in [-0.39, 0.29) is 0 Å². The Morgan fingerprint density at radius 1 is 1.07 bits per heavy atom. The zero-order valence-electron chi connectivity index (χ0n) is 15.9. The number of nitrogens with zero attached hydrogens (tertiary/aromatic N) is 3. The molecule has 2 N–H and O–H groups in total. The van der Waals surface area contributed by atoms with Crippen LogP contribution in [0.15, 0.2) is 41.5 Å². The highest BCUT2D eigenvalue weighted by atomic mass is 16.5. The Hall–Kier alpha value is -2.96. The van der Waals surface area contributed by atoms with Crippen LogP contribution in [0.5, 0.6) is 23.1 Å². The highest BCUT2D eigenvalue weighted by Gasteiger charge is 2.13. The quantitative estimate of drug-likeness (QED) is 0.621. The Balaban J connectivity index is 1.66. The van der Waals surface area contributed by atoms with Crippen LogP contribution in [0.1, 0.15) is 24.8 Å². The van der Waals surface area contributed by atoms with Gasteiger partial charge in [-0.05, 0) is 37.0 Å². The van der Waals surface area contributed by atoms with Crippen LogP contribution in [0.25, 0.3) is 0 Å². The van der Waals surface area contributed by atoms with Crippen LogP contribution in [0, 0.1) is 0 Å². The van der Waals surface area contributed by atoms with Crippen molar-refractivity contribution in [2.75, 3.05) is 27.3 Å². The summed E-state index contributed by atoms with van der Waals surface area (Å²) in [4.78, 5) is 11.0. The van der Waals surface area contributed by atoms with Gasteiger partial charge >= 0.3 is 0 Å². The summed E-state index contributed by atoms with van der Waals surface area (Å²) in [5.41, 5.74) is 7.06. The van der Waals surface area contributed by atoms with E-state index in [0.717, 1.165) is 18.7 Å². The molecule has 1 aromatic heterocycles. The standard InChI is InChI=1S/C20H26N4O3/c1-25-16-7-6-8-17(26-2)19(16)27-18-10-9-15(13-22-18)14-23-20(21)24-11-4-3-5-12-24/h6-10,13H,3-5,11-12,14H2,1-2H3,(H2,21,23). The molecule has 1 aliphatic rings. The number of benzene rings is 1. The second-order valence-electron chi connectivity index (χ2n) is 6.32. The second-order valence-corrected chi connectivity index (χ2v) is 6.32. The largest absolute Gasteiger partial charge is 0.493 e. The molecule has 3 rings (SSSR count). The lowest BCUT2D eigenvalue weighted by Gasteiger charge is -2.27. The molecule has 1 saturated heterocycles. The Morgan fingerprint density at radius 2 is 1.78 bits per heavy atom. The van der Waals surface area contributed by atoms with E-state index in [1.165, 1.54) is 19.3 Å². The first-order chi connectivity index (χ1) is 13.2. The monoisotopic (exact) mass is 370 g/mol. The van der Waals surface area contributed by atoms with Gasteiger partial charge in [0.05, 0.1) is 20.8 Å². The molecule has 0 bridgehead atoms. The lowest BCUT2D eigenvalue weighted by Crippen LogP contribution is -2.40. The van der Waals surface area contributed by atoms with Gasteiger partial charge in [0, 0.05) is 25.4 Å². The molecular weight excluding hydrogens is 344 g/mol. The number of aromatic nitrogens is 1. The predicted molar refractivity (Wildman–Crippen MR) is 105 cm³/mol. The number of hydrogen-bond donors (Lipinski definition) is 1. The van der Waals surface area contributed by atoms with Gasteiger partial charge in [-0.1, -0.05) is 12.1 Å². The number of ether oxygens (including phenoxy) is 3. The Labute approximate surface area is 159 Å². The van der Waals surface area contributed by atoms with Crippen molar-refractivity contribution in [1.82, 2.24) is 9.88 Å². The minimum Gasteiger partial charge on any atom is -0.493 e. The average molecular weight is 370 g/mol. The third-order valence-corrected chi connectivity index (χ3v) is 4.49. The van der Waals surface area contributed by atoms with Crippen LogP contribution in [0.4, 0.5) is 0 Å². The van der Waals surface area contributed by atoms with Crippen molar-refractivity contribution in [3.8, 4) is 23.1 Å². The van der Waals surface area contributed by atoms with Gasteiger partial charge in [0.1, 0.15) is 0 Å². The molecule has 1 aliphatic heterocycles. The van der Waals surface area contributed by atoms with E-state index in [0.29, 0.717) is 35.6 Å². The number of rotatable bonds is 6. The molecule has 144 valence electrons. The molecule has 0 aliphatic carbocycles. The van der Waals surface area contributed by atoms with Gasteiger partial charge in [-0.3, -0.25) is 0 Å². The number of aliphatic imine (C=N–C) groups is 1. The molecule has 2 heterocycles. The SMILES string of the molecule is COc1cccc(OC)c1Oc1ccc(CN=C(N)N2CCCCC2)cn1. The molecule has 2 aromatic rings. The fourth-order valence-corrected chi connectivity index (χ4v) is 2.98. The Morgan fingerprint density at radius 3 is 2.37 bits per heavy atom. The number of likely N-dealkylation sites (tertiary alicyclic amines) is 1. The summed E-state index contributed by atoms with van der Waals surface area (Å²) in [5.74, 6) is 2.72. The molecule has 27 heavy (non-hydrogen) atoms. The maximum Gasteiger partial charge on any atom is 0.219 e. The number of hydrogen-bond acceptors (Lipinski definition) is 5. The minimum absolute atomic E-state index is 0.453. The minimum atomic E-state index is 0.453. The maximum absolute atomic E-state index is 6.10. The van der Waals surface area contributed by atoms with Crippen LogP contribution in [0.2, 0.25) is 0 Å². The topological polar surface area (TPSA) is 82.2 Å². The molecule has 0 saturated carbocycles. The second kappa shape index (κ2) is 9.12. The zero-order chi connectivity index (χ0) is 19.1. The summed E-state index contributed by atoms with van der Waals surface area (Å²) in [6.07, 6.45) is 5.36. The average Bonchev–Trinajstić information content (AvgIpc) is 2.73. The summed E-state index contributed by atoms with van der Waals surface area (Å²) in [6.45, 7) is 2.47. The van der Waals surface area contributed by atoms with E-state index in [4.69, 9.17) is 19.9 Å². The summed E-state index contributed by atoms with van der Waals surface area (Å²) in [5, 5.41) is 0. The molecule has 0 amide bonds. The van der Waals surface area contributed by atoms with Crippen molar-refractivity contribution < 1.29 is 14.2 Å². The van der Waals surface area contributed by atoms with Crippen molar-refractivity contribution in [2.45, 2.75) is 25.8 Å². The highest BCUT2D eigenvalue weighted by molar-refractivity contribution is 5.78. The molecule has 0 spiro atoms. The predicted octanol–water partition coefficient (Wildman–Crippen LogP) is 3.19. The van der Waals surface area contributed by atoms with Gasteiger partial charge in [0.2, 0.25) is 11.6 Å². The smallest absolute Gasteiger partial charge is 0.219 e. The van der Waals surface area contributed by atoms with Gasteiger partial charge in [-0.25, -0.2) is 9.98 Å². The van der Waals surface area contributed by atoms with E-state index in [1.807, 2.05) is 24.3 Å².